The van der Waals surface area contributed by atoms with Gasteiger partial charge < -0.3 is 5.32 Å². The molecule has 1 aromatic carbocycles. The Bertz CT molecular complexity index is 452. The molecule has 2 rings (SSSR count). The summed E-state index contributed by atoms with van der Waals surface area (Å²) in [6, 6.07) is 4.45. The van der Waals surface area contributed by atoms with Crippen molar-refractivity contribution in [2.24, 2.45) is 5.41 Å². The summed E-state index contributed by atoms with van der Waals surface area (Å²) in [6.07, 6.45) is -2.07. The Balaban J connectivity index is 2.19. The van der Waals surface area contributed by atoms with Crippen molar-refractivity contribution in [1.82, 2.24) is 0 Å². The van der Waals surface area contributed by atoms with E-state index in [-0.39, 0.29) is 15.9 Å². The van der Waals surface area contributed by atoms with E-state index in [9.17, 15) is 13.2 Å². The second kappa shape index (κ2) is 4.44. The van der Waals surface area contributed by atoms with Gasteiger partial charge in [0.25, 0.3) is 0 Å². The second-order valence-corrected chi connectivity index (χ2v) is 6.07. The lowest BCUT2D eigenvalue weighted by Gasteiger charge is -2.22. The molecule has 100 valence electrons. The molecule has 0 radical (unpaired) electrons. The van der Waals surface area contributed by atoms with Gasteiger partial charge in [-0.05, 0) is 43.4 Å². The number of halogens is 4. The van der Waals surface area contributed by atoms with Crippen LogP contribution in [-0.4, -0.2) is 6.04 Å². The van der Waals surface area contributed by atoms with E-state index in [1.165, 1.54) is 6.07 Å². The Kier molecular flexibility index (Phi) is 3.38. The van der Waals surface area contributed by atoms with Gasteiger partial charge in [0.2, 0.25) is 0 Å². The van der Waals surface area contributed by atoms with Gasteiger partial charge in [-0.3, -0.25) is 0 Å². The van der Waals surface area contributed by atoms with E-state index < -0.39 is 11.7 Å². The van der Waals surface area contributed by atoms with Gasteiger partial charge in [-0.15, -0.1) is 0 Å². The molecule has 1 aliphatic carbocycles. The maximum Gasteiger partial charge on any atom is 0.417 e. The minimum Gasteiger partial charge on any atom is -0.382 e. The number of benzene rings is 1. The Labute approximate surface area is 113 Å². The van der Waals surface area contributed by atoms with Crippen LogP contribution in [0.3, 0.4) is 0 Å². The summed E-state index contributed by atoms with van der Waals surface area (Å²) in [6.45, 7) is 4.16. The van der Waals surface area contributed by atoms with E-state index in [1.54, 1.807) is 6.07 Å². The van der Waals surface area contributed by atoms with Gasteiger partial charge in [-0.2, -0.15) is 13.2 Å². The van der Waals surface area contributed by atoms with Gasteiger partial charge in [0.15, 0.2) is 0 Å². The zero-order valence-corrected chi connectivity index (χ0v) is 11.8. The first-order chi connectivity index (χ1) is 8.22. The molecule has 0 aliphatic heterocycles. The highest BCUT2D eigenvalue weighted by atomic mass is 79.9. The van der Waals surface area contributed by atoms with Crippen LogP contribution in [0, 0.1) is 5.41 Å². The first-order valence-corrected chi connectivity index (χ1v) is 6.65. The zero-order valence-electron chi connectivity index (χ0n) is 10.2. The summed E-state index contributed by atoms with van der Waals surface area (Å²) < 4.78 is 38.3. The van der Waals surface area contributed by atoms with Crippen molar-refractivity contribution in [3.63, 3.8) is 0 Å². The first-order valence-electron chi connectivity index (χ1n) is 5.86. The van der Waals surface area contributed by atoms with Crippen LogP contribution >= 0.6 is 15.9 Å². The molecule has 0 heterocycles. The summed E-state index contributed by atoms with van der Waals surface area (Å²) in [7, 11) is 0. The molecule has 0 bridgehead atoms. The highest BCUT2D eigenvalue weighted by molar-refractivity contribution is 9.10. The fourth-order valence-electron chi connectivity index (χ4n) is 1.89. The van der Waals surface area contributed by atoms with Gasteiger partial charge in [0, 0.05) is 16.2 Å². The van der Waals surface area contributed by atoms with Crippen molar-refractivity contribution in [3.8, 4) is 0 Å². The minimum absolute atomic E-state index is 0.0748. The Hall–Kier alpha value is -0.710. The second-order valence-electron chi connectivity index (χ2n) is 5.21. The van der Waals surface area contributed by atoms with Crippen LogP contribution in [0.5, 0.6) is 0 Å². The fourth-order valence-corrected chi connectivity index (χ4v) is 2.36. The van der Waals surface area contributed by atoms with Crippen molar-refractivity contribution < 1.29 is 13.2 Å². The molecule has 1 aromatic rings. The predicted molar refractivity (Wildman–Crippen MR) is 69.6 cm³/mol. The van der Waals surface area contributed by atoms with E-state index in [2.05, 4.69) is 28.2 Å². The Morgan fingerprint density at radius 1 is 1.33 bits per heavy atom. The molecule has 0 saturated heterocycles. The number of anilines is 1. The third-order valence-corrected chi connectivity index (χ3v) is 4.43. The number of hydrogen-bond acceptors (Lipinski definition) is 1. The van der Waals surface area contributed by atoms with Crippen LogP contribution in [-0.2, 0) is 6.18 Å². The Morgan fingerprint density at radius 2 is 1.94 bits per heavy atom. The number of alkyl halides is 3. The summed E-state index contributed by atoms with van der Waals surface area (Å²) in [5, 5.41) is 3.16. The third-order valence-electron chi connectivity index (χ3n) is 3.74. The summed E-state index contributed by atoms with van der Waals surface area (Å²) in [4.78, 5) is 0. The molecular weight excluding hydrogens is 307 g/mol. The smallest absolute Gasteiger partial charge is 0.382 e. The van der Waals surface area contributed by atoms with Gasteiger partial charge in [0.05, 0.1) is 5.56 Å². The van der Waals surface area contributed by atoms with Crippen molar-refractivity contribution in [2.45, 2.75) is 38.9 Å². The zero-order chi connectivity index (χ0) is 13.6. The minimum atomic E-state index is -4.33. The standard InChI is InChI=1S/C13H15BrF3N/c1-8(12(2)5-6-12)18-9-3-4-11(14)10(7-9)13(15,16)17/h3-4,7-8,18H,5-6H2,1-2H3. The van der Waals surface area contributed by atoms with Gasteiger partial charge in [-0.25, -0.2) is 0 Å². The van der Waals surface area contributed by atoms with E-state index in [0.29, 0.717) is 5.69 Å². The summed E-state index contributed by atoms with van der Waals surface area (Å²) in [5.74, 6) is 0. The number of rotatable bonds is 3. The van der Waals surface area contributed by atoms with Crippen molar-refractivity contribution in [2.75, 3.05) is 5.32 Å². The predicted octanol–water partition coefficient (Wildman–Crippen LogP) is 5.07. The summed E-state index contributed by atoms with van der Waals surface area (Å²) >= 11 is 2.94. The normalized spacial score (nSPS) is 19.4. The molecule has 0 aromatic heterocycles. The number of hydrogen-bond donors (Lipinski definition) is 1. The third kappa shape index (κ3) is 2.82. The molecule has 5 heteroatoms. The molecule has 1 atom stereocenters. The fraction of sp³-hybridized carbons (Fsp3) is 0.538. The van der Waals surface area contributed by atoms with Crippen LogP contribution in [0.4, 0.5) is 18.9 Å². The van der Waals surface area contributed by atoms with E-state index in [0.717, 1.165) is 18.9 Å². The largest absolute Gasteiger partial charge is 0.417 e. The molecule has 1 nitrogen and oxygen atoms in total. The molecule has 0 spiro atoms. The quantitative estimate of drug-likeness (QED) is 0.819. The molecule has 1 N–H and O–H groups in total. The highest BCUT2D eigenvalue weighted by Crippen LogP contribution is 2.49. The SMILES string of the molecule is CC(Nc1ccc(Br)c(C(F)(F)F)c1)C1(C)CC1. The number of nitrogens with one attached hydrogen (secondary N) is 1. The monoisotopic (exact) mass is 321 g/mol. The molecular formula is C13H15BrF3N. The molecule has 1 saturated carbocycles. The highest BCUT2D eigenvalue weighted by Gasteiger charge is 2.42. The maximum absolute atomic E-state index is 12.8. The lowest BCUT2D eigenvalue weighted by atomic mass is 10.0. The van der Waals surface area contributed by atoms with Crippen molar-refractivity contribution in [1.29, 1.82) is 0 Å². The van der Waals surface area contributed by atoms with Crippen LogP contribution in [0.2, 0.25) is 0 Å². The molecule has 1 unspecified atom stereocenters. The molecule has 1 fully saturated rings. The van der Waals surface area contributed by atoms with Gasteiger partial charge >= 0.3 is 6.18 Å². The average molecular weight is 322 g/mol. The molecule has 1 aliphatic rings. The molecule has 18 heavy (non-hydrogen) atoms. The van der Waals surface area contributed by atoms with Crippen molar-refractivity contribution >= 4 is 21.6 Å². The average Bonchev–Trinajstić information content (AvgIpc) is 2.99. The maximum atomic E-state index is 12.8. The lowest BCUT2D eigenvalue weighted by Crippen LogP contribution is -2.25. The lowest BCUT2D eigenvalue weighted by molar-refractivity contribution is -0.138. The van der Waals surface area contributed by atoms with Crippen LogP contribution in [0.1, 0.15) is 32.3 Å². The van der Waals surface area contributed by atoms with E-state index in [4.69, 9.17) is 0 Å². The summed E-state index contributed by atoms with van der Waals surface area (Å²) in [5.41, 5.74) is 0.109. The first kappa shape index (κ1) is 13.7. The van der Waals surface area contributed by atoms with Gasteiger partial charge in [0.1, 0.15) is 0 Å². The van der Waals surface area contributed by atoms with Gasteiger partial charge in [-0.1, -0.05) is 22.9 Å². The molecule has 0 amide bonds. The topological polar surface area (TPSA) is 12.0 Å². The van der Waals surface area contributed by atoms with Crippen molar-refractivity contribution in [3.05, 3.63) is 28.2 Å². The Morgan fingerprint density at radius 3 is 2.44 bits per heavy atom. The van der Waals surface area contributed by atoms with Crippen LogP contribution < -0.4 is 5.32 Å². The van der Waals surface area contributed by atoms with E-state index >= 15 is 0 Å². The van der Waals surface area contributed by atoms with Crippen LogP contribution in [0.15, 0.2) is 22.7 Å². The van der Waals surface area contributed by atoms with E-state index in [1.807, 2.05) is 6.92 Å². The van der Waals surface area contributed by atoms with Crippen LogP contribution in [0.25, 0.3) is 0 Å².